The monoisotopic (exact) mass is 295 g/mol. The third-order valence-corrected chi connectivity index (χ3v) is 4.19. The molecule has 104 valence electrons. The van der Waals surface area contributed by atoms with Crippen LogP contribution in [0, 0.1) is 11.3 Å². The number of phenols is 1. The van der Waals surface area contributed by atoms with Gasteiger partial charge in [-0.2, -0.15) is 10.4 Å². The van der Waals surface area contributed by atoms with Crippen LogP contribution < -0.4 is 0 Å². The Kier molecular flexibility index (Phi) is 3.71. The fourth-order valence-electron chi connectivity index (χ4n) is 2.06. The highest BCUT2D eigenvalue weighted by atomic mass is 32.1. The predicted octanol–water partition coefficient (Wildman–Crippen LogP) is 3.43. The second-order valence-electron chi connectivity index (χ2n) is 4.66. The largest absolute Gasteiger partial charge is 0.508 e. The van der Waals surface area contributed by atoms with Crippen LogP contribution in [0.15, 0.2) is 48.7 Å². The van der Waals surface area contributed by atoms with Gasteiger partial charge in [-0.15, -0.1) is 11.3 Å². The van der Waals surface area contributed by atoms with Crippen molar-refractivity contribution in [2.75, 3.05) is 0 Å². The van der Waals surface area contributed by atoms with E-state index in [1.807, 2.05) is 41.2 Å². The topological polar surface area (TPSA) is 61.8 Å². The van der Waals surface area contributed by atoms with Crippen molar-refractivity contribution in [2.45, 2.75) is 13.0 Å². The Hall–Kier alpha value is -2.58. The number of aromatic nitrogens is 2. The quantitative estimate of drug-likeness (QED) is 0.802. The summed E-state index contributed by atoms with van der Waals surface area (Å²) in [6, 6.07) is 15.1. The molecule has 2 heterocycles. The highest BCUT2D eigenvalue weighted by Gasteiger charge is 2.06. The minimum Gasteiger partial charge on any atom is -0.508 e. The van der Waals surface area contributed by atoms with Gasteiger partial charge in [0.15, 0.2) is 0 Å². The van der Waals surface area contributed by atoms with E-state index >= 15 is 0 Å². The van der Waals surface area contributed by atoms with Gasteiger partial charge in [0.25, 0.3) is 0 Å². The van der Waals surface area contributed by atoms with E-state index in [9.17, 15) is 5.11 Å². The van der Waals surface area contributed by atoms with Crippen LogP contribution in [0.3, 0.4) is 0 Å². The van der Waals surface area contributed by atoms with E-state index in [4.69, 9.17) is 5.26 Å². The number of aromatic hydroxyl groups is 1. The molecule has 0 spiro atoms. The Bertz CT molecular complexity index is 780. The van der Waals surface area contributed by atoms with E-state index in [-0.39, 0.29) is 5.75 Å². The van der Waals surface area contributed by atoms with Gasteiger partial charge in [-0.05, 0) is 42.3 Å². The van der Waals surface area contributed by atoms with Crippen molar-refractivity contribution >= 4 is 11.3 Å². The maximum absolute atomic E-state index is 9.25. The number of thiophene rings is 1. The molecule has 2 aromatic heterocycles. The van der Waals surface area contributed by atoms with E-state index in [0.717, 1.165) is 29.1 Å². The van der Waals surface area contributed by atoms with Crippen molar-refractivity contribution in [1.82, 2.24) is 9.78 Å². The van der Waals surface area contributed by atoms with Crippen molar-refractivity contribution in [3.8, 4) is 22.4 Å². The van der Waals surface area contributed by atoms with E-state index in [2.05, 4.69) is 11.2 Å². The van der Waals surface area contributed by atoms with Crippen LogP contribution in [0.4, 0.5) is 0 Å². The summed E-state index contributed by atoms with van der Waals surface area (Å²) in [7, 11) is 0. The summed E-state index contributed by atoms with van der Waals surface area (Å²) < 4.78 is 1.90. The second kappa shape index (κ2) is 5.81. The first kappa shape index (κ1) is 13.4. The molecule has 0 aliphatic heterocycles. The zero-order valence-corrected chi connectivity index (χ0v) is 12.0. The lowest BCUT2D eigenvalue weighted by molar-refractivity contribution is 0.475. The van der Waals surface area contributed by atoms with Gasteiger partial charge in [0, 0.05) is 12.7 Å². The molecule has 3 rings (SSSR count). The lowest BCUT2D eigenvalue weighted by Gasteiger charge is -2.02. The Balaban J connectivity index is 1.68. The third kappa shape index (κ3) is 3.12. The number of hydrogen-bond acceptors (Lipinski definition) is 4. The minimum atomic E-state index is 0.283. The van der Waals surface area contributed by atoms with Crippen molar-refractivity contribution in [1.29, 1.82) is 5.26 Å². The third-order valence-electron chi connectivity index (χ3n) is 3.18. The van der Waals surface area contributed by atoms with Crippen LogP contribution in [0.5, 0.6) is 5.75 Å². The summed E-state index contributed by atoms with van der Waals surface area (Å²) in [5.41, 5.74) is 2.06. The number of benzene rings is 1. The van der Waals surface area contributed by atoms with Crippen molar-refractivity contribution < 1.29 is 5.11 Å². The van der Waals surface area contributed by atoms with Gasteiger partial charge < -0.3 is 5.11 Å². The van der Waals surface area contributed by atoms with E-state index in [1.165, 1.54) is 11.3 Å². The molecule has 0 amide bonds. The van der Waals surface area contributed by atoms with Gasteiger partial charge in [0.1, 0.15) is 22.4 Å². The molecule has 1 N–H and O–H groups in total. The normalized spacial score (nSPS) is 10.4. The van der Waals surface area contributed by atoms with Gasteiger partial charge in [-0.3, -0.25) is 4.68 Å². The SMILES string of the molecule is N#Cc1ccc(-c2ccn(CCc3ccc(O)cc3)n2)s1. The van der Waals surface area contributed by atoms with E-state index in [0.29, 0.717) is 4.88 Å². The van der Waals surface area contributed by atoms with Gasteiger partial charge >= 0.3 is 0 Å². The van der Waals surface area contributed by atoms with Crippen molar-refractivity contribution in [3.63, 3.8) is 0 Å². The van der Waals surface area contributed by atoms with E-state index in [1.54, 1.807) is 12.1 Å². The van der Waals surface area contributed by atoms with Gasteiger partial charge in [0.2, 0.25) is 0 Å². The molecule has 5 heteroatoms. The first-order chi connectivity index (χ1) is 10.2. The Morgan fingerprint density at radius 1 is 1.14 bits per heavy atom. The van der Waals surface area contributed by atoms with Crippen LogP contribution in [-0.4, -0.2) is 14.9 Å². The lowest BCUT2D eigenvalue weighted by Crippen LogP contribution is -2.01. The molecule has 4 nitrogen and oxygen atoms in total. The standard InChI is InChI=1S/C16H13N3OS/c17-11-14-5-6-16(21-14)15-8-10-19(18-15)9-7-12-1-3-13(20)4-2-12/h1-6,8,10,20H,7,9H2. The lowest BCUT2D eigenvalue weighted by atomic mass is 10.1. The molecule has 1 aromatic carbocycles. The molecule has 0 bridgehead atoms. The zero-order chi connectivity index (χ0) is 14.7. The maximum Gasteiger partial charge on any atom is 0.115 e. The molecular formula is C16H13N3OS. The summed E-state index contributed by atoms with van der Waals surface area (Å²) in [6.07, 6.45) is 2.80. The number of aryl methyl sites for hydroxylation is 2. The summed E-state index contributed by atoms with van der Waals surface area (Å²) in [5, 5.41) is 22.6. The predicted molar refractivity (Wildman–Crippen MR) is 82.1 cm³/mol. The van der Waals surface area contributed by atoms with Crippen LogP contribution in [0.1, 0.15) is 10.4 Å². The summed E-state index contributed by atoms with van der Waals surface area (Å²) in [4.78, 5) is 1.71. The maximum atomic E-state index is 9.25. The number of phenolic OH excluding ortho intramolecular Hbond substituents is 1. The van der Waals surface area contributed by atoms with Gasteiger partial charge in [-0.25, -0.2) is 0 Å². The molecule has 0 aliphatic rings. The molecule has 0 atom stereocenters. The smallest absolute Gasteiger partial charge is 0.115 e. The Morgan fingerprint density at radius 2 is 1.95 bits per heavy atom. The molecular weight excluding hydrogens is 282 g/mol. The molecule has 3 aromatic rings. The van der Waals surface area contributed by atoms with Crippen LogP contribution in [0.2, 0.25) is 0 Å². The molecule has 21 heavy (non-hydrogen) atoms. The molecule has 0 unspecified atom stereocenters. The second-order valence-corrected chi connectivity index (χ2v) is 5.74. The van der Waals surface area contributed by atoms with Crippen molar-refractivity contribution in [3.05, 3.63) is 59.1 Å². The number of nitrogens with zero attached hydrogens (tertiary/aromatic N) is 3. The highest BCUT2D eigenvalue weighted by Crippen LogP contribution is 2.26. The first-order valence-electron chi connectivity index (χ1n) is 6.56. The molecule has 0 aliphatic carbocycles. The molecule has 0 saturated carbocycles. The minimum absolute atomic E-state index is 0.283. The van der Waals surface area contributed by atoms with E-state index < -0.39 is 0 Å². The number of rotatable bonds is 4. The fourth-order valence-corrected chi connectivity index (χ4v) is 2.83. The number of hydrogen-bond donors (Lipinski definition) is 1. The molecule has 0 radical (unpaired) electrons. The molecule has 0 saturated heterocycles. The Morgan fingerprint density at radius 3 is 2.67 bits per heavy atom. The number of nitriles is 1. The van der Waals surface area contributed by atoms with Crippen molar-refractivity contribution in [2.24, 2.45) is 0 Å². The van der Waals surface area contributed by atoms with Gasteiger partial charge in [0.05, 0.1) is 4.88 Å². The summed E-state index contributed by atoms with van der Waals surface area (Å²) in [5.74, 6) is 0.283. The van der Waals surface area contributed by atoms with Gasteiger partial charge in [-0.1, -0.05) is 12.1 Å². The van der Waals surface area contributed by atoms with Crippen LogP contribution in [-0.2, 0) is 13.0 Å². The average Bonchev–Trinajstić information content (AvgIpc) is 3.15. The zero-order valence-electron chi connectivity index (χ0n) is 11.2. The van der Waals surface area contributed by atoms with Crippen LogP contribution >= 0.6 is 11.3 Å². The Labute approximate surface area is 126 Å². The molecule has 0 fully saturated rings. The average molecular weight is 295 g/mol. The highest BCUT2D eigenvalue weighted by molar-refractivity contribution is 7.15. The summed E-state index contributed by atoms with van der Waals surface area (Å²) in [6.45, 7) is 0.779. The fraction of sp³-hybridized carbons (Fsp3) is 0.125. The first-order valence-corrected chi connectivity index (χ1v) is 7.38. The van der Waals surface area contributed by atoms with Crippen LogP contribution in [0.25, 0.3) is 10.6 Å². The summed E-state index contributed by atoms with van der Waals surface area (Å²) >= 11 is 1.45.